The first kappa shape index (κ1) is 10.2. The molecule has 1 aromatic rings. The van der Waals surface area contributed by atoms with E-state index in [4.69, 9.17) is 0 Å². The number of carbonyl (C=O) groups excluding carboxylic acids is 1. The molecule has 0 unspecified atom stereocenters. The third-order valence-corrected chi connectivity index (χ3v) is 2.15. The number of carbonyl (C=O) groups is 1. The third kappa shape index (κ3) is 2.52. The van der Waals surface area contributed by atoms with Crippen molar-refractivity contribution in [1.82, 2.24) is 0 Å². The number of hydrogen-bond acceptors (Lipinski definition) is 1. The Balaban J connectivity index is 3.15. The van der Waals surface area contributed by atoms with E-state index in [-0.39, 0.29) is 5.78 Å². The van der Waals surface area contributed by atoms with Crippen molar-refractivity contribution in [3.05, 3.63) is 46.0 Å². The minimum absolute atomic E-state index is 0.00407. The zero-order chi connectivity index (χ0) is 10.0. The van der Waals surface area contributed by atoms with Crippen LogP contribution in [0.25, 0.3) is 0 Å². The summed E-state index contributed by atoms with van der Waals surface area (Å²) in [6.45, 7) is 7.31. The highest BCUT2D eigenvalue weighted by Gasteiger charge is 2.06. The molecule has 1 nitrogen and oxygen atoms in total. The average Bonchev–Trinajstić information content (AvgIpc) is 2.01. The Hall–Kier alpha value is -0.890. The molecule has 0 atom stereocenters. The van der Waals surface area contributed by atoms with Crippen molar-refractivity contribution in [2.24, 2.45) is 0 Å². The lowest BCUT2D eigenvalue weighted by molar-refractivity contribution is 0.103. The molecule has 0 amide bonds. The molecule has 0 aliphatic rings. The molecule has 0 bridgehead atoms. The first-order chi connectivity index (χ1) is 6.00. The summed E-state index contributed by atoms with van der Waals surface area (Å²) in [6.07, 6.45) is 0. The smallest absolute Gasteiger partial charge is 0.188 e. The molecule has 68 valence electrons. The number of halogens is 1. The van der Waals surface area contributed by atoms with E-state index in [1.54, 1.807) is 6.92 Å². The summed E-state index contributed by atoms with van der Waals surface area (Å²) in [4.78, 5) is 11.5. The highest BCUT2D eigenvalue weighted by atomic mass is 79.9. The van der Waals surface area contributed by atoms with Crippen molar-refractivity contribution < 1.29 is 4.79 Å². The molecule has 1 rings (SSSR count). The molecule has 0 radical (unpaired) electrons. The number of allylic oxidation sites excluding steroid dienone is 1. The van der Waals surface area contributed by atoms with Crippen LogP contribution in [-0.4, -0.2) is 5.78 Å². The van der Waals surface area contributed by atoms with Gasteiger partial charge < -0.3 is 0 Å². The summed E-state index contributed by atoms with van der Waals surface area (Å²) in [5.41, 5.74) is 2.33. The van der Waals surface area contributed by atoms with E-state index in [1.807, 2.05) is 25.1 Å². The lowest BCUT2D eigenvalue weighted by atomic mass is 10.0. The first-order valence-corrected chi connectivity index (χ1v) is 4.77. The van der Waals surface area contributed by atoms with Crippen LogP contribution in [0.15, 0.2) is 34.8 Å². The van der Waals surface area contributed by atoms with Crippen molar-refractivity contribution in [2.45, 2.75) is 13.8 Å². The molecule has 0 aliphatic carbocycles. The minimum atomic E-state index is 0.00407. The van der Waals surface area contributed by atoms with Gasteiger partial charge in [0, 0.05) is 10.0 Å². The topological polar surface area (TPSA) is 17.1 Å². The van der Waals surface area contributed by atoms with Crippen LogP contribution in [0.5, 0.6) is 0 Å². The van der Waals surface area contributed by atoms with Gasteiger partial charge in [0.2, 0.25) is 0 Å². The maximum Gasteiger partial charge on any atom is 0.188 e. The molecular weight excluding hydrogens is 228 g/mol. The fraction of sp³-hybridized carbons (Fsp3) is 0.182. The lowest BCUT2D eigenvalue weighted by Gasteiger charge is -2.02. The summed E-state index contributed by atoms with van der Waals surface area (Å²) >= 11 is 3.35. The highest BCUT2D eigenvalue weighted by Crippen LogP contribution is 2.17. The van der Waals surface area contributed by atoms with Crippen LogP contribution in [0.1, 0.15) is 22.8 Å². The zero-order valence-corrected chi connectivity index (χ0v) is 9.31. The highest BCUT2D eigenvalue weighted by molar-refractivity contribution is 9.10. The molecule has 0 spiro atoms. The van der Waals surface area contributed by atoms with Crippen LogP contribution < -0.4 is 0 Å². The monoisotopic (exact) mass is 238 g/mol. The zero-order valence-electron chi connectivity index (χ0n) is 7.73. The van der Waals surface area contributed by atoms with E-state index in [0.717, 1.165) is 10.0 Å². The second kappa shape index (κ2) is 3.88. The SMILES string of the molecule is C=C(C)C(=O)c1cc(C)cc(Br)c1. The van der Waals surface area contributed by atoms with Gasteiger partial charge in [-0.3, -0.25) is 4.79 Å². The van der Waals surface area contributed by atoms with Gasteiger partial charge in [-0.15, -0.1) is 0 Å². The Bertz CT molecular complexity index is 346. The Morgan fingerprint density at radius 1 is 1.38 bits per heavy atom. The quantitative estimate of drug-likeness (QED) is 0.570. The molecule has 0 heterocycles. The van der Waals surface area contributed by atoms with Gasteiger partial charge in [-0.25, -0.2) is 0 Å². The number of hydrogen-bond donors (Lipinski definition) is 0. The molecule has 2 heteroatoms. The molecule has 0 aromatic heterocycles. The van der Waals surface area contributed by atoms with E-state index in [2.05, 4.69) is 22.5 Å². The van der Waals surface area contributed by atoms with Crippen molar-refractivity contribution >= 4 is 21.7 Å². The second-order valence-electron chi connectivity index (χ2n) is 3.13. The third-order valence-electron chi connectivity index (χ3n) is 1.69. The maximum absolute atomic E-state index is 11.5. The minimum Gasteiger partial charge on any atom is -0.289 e. The predicted molar refractivity (Wildman–Crippen MR) is 58.0 cm³/mol. The Kier molecular flexibility index (Phi) is 3.04. The molecular formula is C11H11BrO. The molecule has 0 saturated carbocycles. The Labute approximate surface area is 86.6 Å². The number of rotatable bonds is 2. The summed E-state index contributed by atoms with van der Waals surface area (Å²) in [5, 5.41) is 0. The largest absolute Gasteiger partial charge is 0.289 e. The van der Waals surface area contributed by atoms with Gasteiger partial charge in [-0.05, 0) is 43.2 Å². The molecule has 13 heavy (non-hydrogen) atoms. The van der Waals surface area contributed by atoms with E-state index in [1.165, 1.54) is 0 Å². The van der Waals surface area contributed by atoms with Crippen LogP contribution in [-0.2, 0) is 0 Å². The van der Waals surface area contributed by atoms with Crippen molar-refractivity contribution in [3.8, 4) is 0 Å². The summed E-state index contributed by atoms with van der Waals surface area (Å²) in [6, 6.07) is 5.64. The van der Waals surface area contributed by atoms with E-state index in [9.17, 15) is 4.79 Å². The Morgan fingerprint density at radius 3 is 2.46 bits per heavy atom. The van der Waals surface area contributed by atoms with Gasteiger partial charge in [0.05, 0.1) is 0 Å². The van der Waals surface area contributed by atoms with Gasteiger partial charge in [-0.1, -0.05) is 22.5 Å². The molecule has 1 aromatic carbocycles. The van der Waals surface area contributed by atoms with E-state index >= 15 is 0 Å². The van der Waals surface area contributed by atoms with E-state index in [0.29, 0.717) is 11.1 Å². The predicted octanol–water partition coefficient (Wildman–Crippen LogP) is 3.52. The summed E-state index contributed by atoms with van der Waals surface area (Å²) in [7, 11) is 0. The number of ketones is 1. The van der Waals surface area contributed by atoms with Gasteiger partial charge in [-0.2, -0.15) is 0 Å². The number of benzene rings is 1. The maximum atomic E-state index is 11.5. The first-order valence-electron chi connectivity index (χ1n) is 3.98. The van der Waals surface area contributed by atoms with Crippen molar-refractivity contribution in [2.75, 3.05) is 0 Å². The van der Waals surface area contributed by atoms with Crippen molar-refractivity contribution in [3.63, 3.8) is 0 Å². The van der Waals surface area contributed by atoms with Gasteiger partial charge >= 0.3 is 0 Å². The summed E-state index contributed by atoms with van der Waals surface area (Å²) in [5.74, 6) is 0.00407. The normalized spacial score (nSPS) is 9.77. The fourth-order valence-corrected chi connectivity index (χ4v) is 1.72. The van der Waals surface area contributed by atoms with Crippen LogP contribution >= 0.6 is 15.9 Å². The lowest BCUT2D eigenvalue weighted by Crippen LogP contribution is -1.99. The van der Waals surface area contributed by atoms with Crippen LogP contribution in [0.2, 0.25) is 0 Å². The Morgan fingerprint density at radius 2 is 2.00 bits per heavy atom. The number of aryl methyl sites for hydroxylation is 1. The van der Waals surface area contributed by atoms with Gasteiger partial charge in [0.25, 0.3) is 0 Å². The van der Waals surface area contributed by atoms with Crippen LogP contribution in [0.4, 0.5) is 0 Å². The van der Waals surface area contributed by atoms with Gasteiger partial charge in [0.15, 0.2) is 5.78 Å². The van der Waals surface area contributed by atoms with Crippen LogP contribution in [0.3, 0.4) is 0 Å². The second-order valence-corrected chi connectivity index (χ2v) is 4.04. The molecule has 0 fully saturated rings. The van der Waals surface area contributed by atoms with Gasteiger partial charge in [0.1, 0.15) is 0 Å². The molecule has 0 N–H and O–H groups in total. The molecule has 0 aliphatic heterocycles. The number of Topliss-reactive ketones (excluding diaryl/α,β-unsaturated/α-hetero) is 1. The van der Waals surface area contributed by atoms with Crippen molar-refractivity contribution in [1.29, 1.82) is 0 Å². The van der Waals surface area contributed by atoms with E-state index < -0.39 is 0 Å². The molecule has 0 saturated heterocycles. The fourth-order valence-electron chi connectivity index (χ4n) is 1.11. The average molecular weight is 239 g/mol. The standard InChI is InChI=1S/C11H11BrO/c1-7(2)11(13)9-4-8(3)5-10(12)6-9/h4-6H,1H2,2-3H3. The van der Waals surface area contributed by atoms with Crippen LogP contribution in [0, 0.1) is 6.92 Å². The summed E-state index contributed by atoms with van der Waals surface area (Å²) < 4.78 is 0.928.